The van der Waals surface area contributed by atoms with Crippen LogP contribution in [-0.2, 0) is 4.74 Å². The minimum Gasteiger partial charge on any atom is -0.493 e. The second-order valence-electron chi connectivity index (χ2n) is 12.1. The van der Waals surface area contributed by atoms with Crippen molar-refractivity contribution in [2.75, 3.05) is 6.61 Å². The predicted octanol–water partition coefficient (Wildman–Crippen LogP) is 6.17. The Balaban J connectivity index is 1.35. The van der Waals surface area contributed by atoms with Crippen molar-refractivity contribution >= 4 is 23.0 Å². The molecule has 0 bridgehead atoms. The van der Waals surface area contributed by atoms with Crippen LogP contribution in [0.3, 0.4) is 0 Å². The number of carbonyl (C=O) groups is 2. The van der Waals surface area contributed by atoms with Crippen LogP contribution in [0.25, 0.3) is 22.3 Å². The fraction of sp³-hybridized carbons (Fsp3) is 0.533. The molecule has 2 heterocycles. The molecule has 12 heteroatoms. The van der Waals surface area contributed by atoms with E-state index in [1.807, 2.05) is 0 Å². The SMILES string of the molecule is Cc1[nH]c2c(-c3cc(C(F)F)ccc3OCC3CC3)ncnc2c1C(=O)N[C@@H]1CC[C@H](NC(=O)OC(C)(C)C)[C@H](F)C1. The van der Waals surface area contributed by atoms with Gasteiger partial charge in [-0.1, -0.05) is 0 Å². The Morgan fingerprint density at radius 2 is 1.88 bits per heavy atom. The van der Waals surface area contributed by atoms with Gasteiger partial charge in [0, 0.05) is 29.3 Å². The standard InChI is InChI=1S/C30H36F3N5O4/c1-15-23(28(39)37-18-8-9-21(20(31)12-18)38-29(40)42-30(2,3)4)25-26(36-15)24(34-14-35-25)19-11-17(27(32)33)7-10-22(19)41-13-16-5-6-16/h7,10-11,14,16,18,20-21,27,36H,5-6,8-9,12-13H2,1-4H3,(H,37,39)(H,38,40)/t18-,20-,21+/m1/s1. The van der Waals surface area contributed by atoms with Gasteiger partial charge in [0.15, 0.2) is 0 Å². The van der Waals surface area contributed by atoms with Crippen molar-refractivity contribution in [1.82, 2.24) is 25.6 Å². The second kappa shape index (κ2) is 11.8. The molecule has 0 radical (unpaired) electrons. The van der Waals surface area contributed by atoms with Gasteiger partial charge in [0.1, 0.15) is 35.1 Å². The van der Waals surface area contributed by atoms with Crippen LogP contribution in [0.1, 0.15) is 80.9 Å². The smallest absolute Gasteiger partial charge is 0.407 e. The van der Waals surface area contributed by atoms with Crippen molar-refractivity contribution in [2.45, 2.75) is 90.1 Å². The zero-order valence-corrected chi connectivity index (χ0v) is 24.1. The molecular formula is C30H36F3N5O4. The largest absolute Gasteiger partial charge is 0.493 e. The van der Waals surface area contributed by atoms with E-state index in [9.17, 15) is 22.8 Å². The van der Waals surface area contributed by atoms with Gasteiger partial charge >= 0.3 is 6.09 Å². The van der Waals surface area contributed by atoms with E-state index in [0.29, 0.717) is 59.1 Å². The molecule has 0 unspecified atom stereocenters. The first-order valence-corrected chi connectivity index (χ1v) is 14.2. The van der Waals surface area contributed by atoms with E-state index in [1.165, 1.54) is 24.5 Å². The van der Waals surface area contributed by atoms with Gasteiger partial charge in [-0.2, -0.15) is 0 Å². The summed E-state index contributed by atoms with van der Waals surface area (Å²) in [6, 6.07) is 3.05. The summed E-state index contributed by atoms with van der Waals surface area (Å²) in [6.45, 7) is 7.39. The predicted molar refractivity (Wildman–Crippen MR) is 150 cm³/mol. The maximum atomic E-state index is 15.0. The summed E-state index contributed by atoms with van der Waals surface area (Å²) in [5, 5.41) is 5.49. The molecule has 9 nitrogen and oxygen atoms in total. The number of ether oxygens (including phenoxy) is 2. The maximum absolute atomic E-state index is 15.0. The third-order valence-corrected chi connectivity index (χ3v) is 7.49. The molecule has 3 atom stereocenters. The van der Waals surface area contributed by atoms with E-state index < -0.39 is 42.3 Å². The minimum atomic E-state index is -2.68. The summed E-state index contributed by atoms with van der Waals surface area (Å²) >= 11 is 0. The summed E-state index contributed by atoms with van der Waals surface area (Å²) in [5.74, 6) is 0.439. The molecule has 5 rings (SSSR count). The number of aromatic amines is 1. The molecule has 42 heavy (non-hydrogen) atoms. The lowest BCUT2D eigenvalue weighted by Gasteiger charge is -2.33. The number of alkyl halides is 3. The summed E-state index contributed by atoms with van der Waals surface area (Å²) in [7, 11) is 0. The monoisotopic (exact) mass is 587 g/mol. The number of hydrogen-bond donors (Lipinski definition) is 3. The van der Waals surface area contributed by atoms with Crippen molar-refractivity contribution in [3.05, 3.63) is 41.3 Å². The number of hydrogen-bond acceptors (Lipinski definition) is 6. The molecule has 2 aliphatic rings. The number of nitrogens with zero attached hydrogens (tertiary/aromatic N) is 2. The summed E-state index contributed by atoms with van der Waals surface area (Å²) in [4.78, 5) is 37.4. The molecule has 2 fully saturated rings. The van der Waals surface area contributed by atoms with Crippen LogP contribution in [0.5, 0.6) is 5.75 Å². The van der Waals surface area contributed by atoms with E-state index in [1.54, 1.807) is 27.7 Å². The zero-order chi connectivity index (χ0) is 30.2. The van der Waals surface area contributed by atoms with Gasteiger partial charge in [-0.05, 0) is 77.5 Å². The van der Waals surface area contributed by atoms with Crippen LogP contribution in [0.4, 0.5) is 18.0 Å². The van der Waals surface area contributed by atoms with Gasteiger partial charge in [-0.3, -0.25) is 4.79 Å². The van der Waals surface area contributed by atoms with E-state index in [-0.39, 0.29) is 17.5 Å². The highest BCUT2D eigenvalue weighted by atomic mass is 19.3. The number of aryl methyl sites for hydroxylation is 1. The summed E-state index contributed by atoms with van der Waals surface area (Å²) in [5.41, 5.74) is 1.36. The molecule has 0 saturated heterocycles. The van der Waals surface area contributed by atoms with Gasteiger partial charge in [0.25, 0.3) is 12.3 Å². The van der Waals surface area contributed by atoms with E-state index >= 15 is 0 Å². The van der Waals surface area contributed by atoms with E-state index in [4.69, 9.17) is 9.47 Å². The first-order chi connectivity index (χ1) is 19.9. The molecule has 226 valence electrons. The summed E-state index contributed by atoms with van der Waals surface area (Å²) < 4.78 is 53.4. The number of nitrogens with one attached hydrogen (secondary N) is 3. The van der Waals surface area contributed by atoms with Crippen LogP contribution in [0.15, 0.2) is 24.5 Å². The number of rotatable bonds is 8. The molecule has 0 spiro atoms. The average molecular weight is 588 g/mol. The maximum Gasteiger partial charge on any atom is 0.407 e. The first kappa shape index (κ1) is 29.7. The highest BCUT2D eigenvalue weighted by Crippen LogP contribution is 2.38. The Morgan fingerprint density at radius 1 is 1.12 bits per heavy atom. The third kappa shape index (κ3) is 6.79. The van der Waals surface area contributed by atoms with Crippen LogP contribution < -0.4 is 15.4 Å². The number of carbonyl (C=O) groups excluding carboxylic acids is 2. The molecular weight excluding hydrogens is 551 g/mol. The van der Waals surface area contributed by atoms with Crippen molar-refractivity contribution in [2.24, 2.45) is 5.92 Å². The first-order valence-electron chi connectivity index (χ1n) is 14.2. The second-order valence-corrected chi connectivity index (χ2v) is 12.1. The minimum absolute atomic E-state index is 0.0238. The molecule has 2 saturated carbocycles. The van der Waals surface area contributed by atoms with Crippen molar-refractivity contribution < 1.29 is 32.2 Å². The topological polar surface area (TPSA) is 118 Å². The number of fused-ring (bicyclic) bond motifs is 1. The van der Waals surface area contributed by atoms with Gasteiger partial charge < -0.3 is 25.1 Å². The molecule has 1 aromatic carbocycles. The van der Waals surface area contributed by atoms with Crippen LogP contribution >= 0.6 is 0 Å². The molecule has 3 N–H and O–H groups in total. The highest BCUT2D eigenvalue weighted by molar-refractivity contribution is 6.09. The zero-order valence-electron chi connectivity index (χ0n) is 24.1. The van der Waals surface area contributed by atoms with Crippen molar-refractivity contribution in [3.8, 4) is 17.0 Å². The Kier molecular flexibility index (Phi) is 8.34. The Labute approximate surface area is 242 Å². The van der Waals surface area contributed by atoms with Crippen molar-refractivity contribution in [1.29, 1.82) is 0 Å². The van der Waals surface area contributed by atoms with E-state index in [2.05, 4.69) is 25.6 Å². The lowest BCUT2D eigenvalue weighted by Crippen LogP contribution is -2.50. The molecule has 2 aliphatic carbocycles. The summed E-state index contributed by atoms with van der Waals surface area (Å²) in [6.07, 6.45) is -0.496. The lowest BCUT2D eigenvalue weighted by molar-refractivity contribution is 0.0436. The quantitative estimate of drug-likeness (QED) is 0.290. The van der Waals surface area contributed by atoms with Gasteiger partial charge in [0.2, 0.25) is 0 Å². The molecule has 2 amide bonds. The van der Waals surface area contributed by atoms with Crippen molar-refractivity contribution in [3.63, 3.8) is 0 Å². The number of benzene rings is 1. The number of aromatic nitrogens is 3. The Hall–Kier alpha value is -3.83. The van der Waals surface area contributed by atoms with Gasteiger partial charge in [0.05, 0.1) is 23.7 Å². The fourth-order valence-electron chi connectivity index (χ4n) is 5.22. The fourth-order valence-corrected chi connectivity index (χ4v) is 5.22. The van der Waals surface area contributed by atoms with Crippen LogP contribution in [0, 0.1) is 12.8 Å². The Bertz CT molecular complexity index is 1470. The lowest BCUT2D eigenvalue weighted by atomic mass is 9.89. The Morgan fingerprint density at radius 3 is 2.55 bits per heavy atom. The molecule has 0 aliphatic heterocycles. The number of H-pyrrole nitrogens is 1. The van der Waals surface area contributed by atoms with Gasteiger partial charge in [-0.25, -0.2) is 27.9 Å². The van der Waals surface area contributed by atoms with Gasteiger partial charge in [-0.15, -0.1) is 0 Å². The van der Waals surface area contributed by atoms with Crippen LogP contribution in [0.2, 0.25) is 0 Å². The van der Waals surface area contributed by atoms with Crippen LogP contribution in [-0.4, -0.2) is 57.4 Å². The van der Waals surface area contributed by atoms with E-state index in [0.717, 1.165) is 12.8 Å². The normalized spacial score (nSPS) is 20.9. The average Bonchev–Trinajstić information content (AvgIpc) is 3.67. The number of alkyl carbamates (subject to hydrolysis) is 1. The molecule has 3 aromatic rings. The third-order valence-electron chi connectivity index (χ3n) is 7.49. The molecule has 2 aromatic heterocycles. The number of amides is 2. The number of halogens is 3. The highest BCUT2D eigenvalue weighted by Gasteiger charge is 2.34.